The number of unbranched alkanes of at least 4 members (excludes halogenated alkanes) is 1. The van der Waals surface area contributed by atoms with E-state index in [2.05, 4.69) is 18.5 Å². The Balaban J connectivity index is 3.43. The van der Waals surface area contributed by atoms with Crippen molar-refractivity contribution in [1.29, 1.82) is 0 Å². The van der Waals surface area contributed by atoms with Gasteiger partial charge in [-0.25, -0.2) is 0 Å². The predicted octanol–water partition coefficient (Wildman–Crippen LogP) is 3.73. The van der Waals surface area contributed by atoms with E-state index in [0.29, 0.717) is 0 Å². The Hall–Kier alpha value is -0.850. The topological polar surface area (TPSA) is 12.4 Å². The number of aliphatic imine (C=N–C) groups is 1. The third kappa shape index (κ3) is 7.26. The molecule has 0 aliphatic heterocycles. The Morgan fingerprint density at radius 3 is 2.83 bits per heavy atom. The van der Waals surface area contributed by atoms with Crippen molar-refractivity contribution in [2.24, 2.45) is 4.99 Å². The van der Waals surface area contributed by atoms with Gasteiger partial charge in [-0.1, -0.05) is 31.6 Å². The van der Waals surface area contributed by atoms with E-state index in [0.717, 1.165) is 12.8 Å². The summed E-state index contributed by atoms with van der Waals surface area (Å²) in [7, 11) is 0. The van der Waals surface area contributed by atoms with Crippen LogP contribution in [0.5, 0.6) is 0 Å². The maximum absolute atomic E-state index is 4.07. The normalized spacial score (nSPS) is 11.5. The van der Waals surface area contributed by atoms with Crippen molar-refractivity contribution >= 4 is 6.21 Å². The van der Waals surface area contributed by atoms with Crippen molar-refractivity contribution < 1.29 is 0 Å². The van der Waals surface area contributed by atoms with E-state index < -0.39 is 0 Å². The standard InChI is InChI=1S/C11H19N/c1-4-6-7-11(3)8-10-12-9-5-2/h5,9-10H,3-4,6-8H2,1-2H3/b9-5-,12-10-. The van der Waals surface area contributed by atoms with Crippen LogP contribution in [-0.4, -0.2) is 6.21 Å². The molecule has 0 spiro atoms. The van der Waals surface area contributed by atoms with Crippen LogP contribution in [0.15, 0.2) is 29.4 Å². The van der Waals surface area contributed by atoms with E-state index in [1.165, 1.54) is 18.4 Å². The first kappa shape index (κ1) is 11.2. The number of allylic oxidation sites excluding steroid dienone is 2. The highest BCUT2D eigenvalue weighted by Gasteiger charge is 1.89. The second-order valence-corrected chi connectivity index (χ2v) is 2.87. The lowest BCUT2D eigenvalue weighted by atomic mass is 10.1. The SMILES string of the molecule is C=C(C/C=N\C=C/C)CCCC. The molecule has 0 aromatic rings. The maximum atomic E-state index is 4.07. The van der Waals surface area contributed by atoms with Crippen LogP contribution in [0.25, 0.3) is 0 Å². The van der Waals surface area contributed by atoms with Gasteiger partial charge in [0.25, 0.3) is 0 Å². The molecule has 0 aliphatic carbocycles. The number of hydrogen-bond acceptors (Lipinski definition) is 1. The van der Waals surface area contributed by atoms with E-state index in [9.17, 15) is 0 Å². The average molecular weight is 165 g/mol. The molecule has 0 heterocycles. The summed E-state index contributed by atoms with van der Waals surface area (Å²) in [6, 6.07) is 0. The molecule has 0 saturated carbocycles. The summed E-state index contributed by atoms with van der Waals surface area (Å²) in [5.74, 6) is 0. The Labute approximate surface area is 75.9 Å². The smallest absolute Gasteiger partial charge is 0.0221 e. The molecular formula is C11H19N. The Morgan fingerprint density at radius 2 is 2.25 bits per heavy atom. The molecule has 0 radical (unpaired) electrons. The molecule has 0 saturated heterocycles. The highest BCUT2D eigenvalue weighted by atomic mass is 14.7. The highest BCUT2D eigenvalue weighted by molar-refractivity contribution is 5.61. The molecule has 0 N–H and O–H groups in total. The molecule has 0 aliphatic rings. The minimum atomic E-state index is 0.921. The van der Waals surface area contributed by atoms with Crippen LogP contribution in [0.1, 0.15) is 39.5 Å². The largest absolute Gasteiger partial charge is 0.269 e. The van der Waals surface area contributed by atoms with Crippen LogP contribution in [0.3, 0.4) is 0 Å². The molecule has 0 aromatic heterocycles. The third-order valence-corrected chi connectivity index (χ3v) is 1.60. The van der Waals surface area contributed by atoms with E-state index in [4.69, 9.17) is 0 Å². The van der Waals surface area contributed by atoms with Gasteiger partial charge in [0.15, 0.2) is 0 Å². The highest BCUT2D eigenvalue weighted by Crippen LogP contribution is 2.06. The summed E-state index contributed by atoms with van der Waals surface area (Å²) in [6.45, 7) is 8.13. The van der Waals surface area contributed by atoms with Crippen LogP contribution in [0.2, 0.25) is 0 Å². The van der Waals surface area contributed by atoms with Gasteiger partial charge in [0.1, 0.15) is 0 Å². The van der Waals surface area contributed by atoms with Crippen molar-refractivity contribution in [3.8, 4) is 0 Å². The fraction of sp³-hybridized carbons (Fsp3) is 0.545. The lowest BCUT2D eigenvalue weighted by molar-refractivity contribution is 0.783. The fourth-order valence-corrected chi connectivity index (χ4v) is 0.858. The molecular weight excluding hydrogens is 146 g/mol. The van der Waals surface area contributed by atoms with Gasteiger partial charge in [-0.15, -0.1) is 0 Å². The molecule has 68 valence electrons. The zero-order valence-corrected chi connectivity index (χ0v) is 8.21. The molecule has 0 aromatic carbocycles. The average Bonchev–Trinajstić information content (AvgIpc) is 2.09. The van der Waals surface area contributed by atoms with Gasteiger partial charge in [0.2, 0.25) is 0 Å². The van der Waals surface area contributed by atoms with E-state index in [-0.39, 0.29) is 0 Å². The monoisotopic (exact) mass is 165 g/mol. The second-order valence-electron chi connectivity index (χ2n) is 2.87. The molecule has 0 rings (SSSR count). The van der Waals surface area contributed by atoms with Gasteiger partial charge in [-0.3, -0.25) is 4.99 Å². The van der Waals surface area contributed by atoms with Gasteiger partial charge in [0, 0.05) is 18.8 Å². The Kier molecular flexibility index (Phi) is 7.66. The van der Waals surface area contributed by atoms with Crippen LogP contribution in [0.4, 0.5) is 0 Å². The van der Waals surface area contributed by atoms with Gasteiger partial charge in [-0.2, -0.15) is 0 Å². The van der Waals surface area contributed by atoms with Crippen molar-refractivity contribution in [2.75, 3.05) is 0 Å². The van der Waals surface area contributed by atoms with Crippen LogP contribution < -0.4 is 0 Å². The van der Waals surface area contributed by atoms with Crippen LogP contribution >= 0.6 is 0 Å². The molecule has 0 amide bonds. The zero-order chi connectivity index (χ0) is 9.23. The van der Waals surface area contributed by atoms with Gasteiger partial charge in [-0.05, 0) is 19.8 Å². The molecule has 0 bridgehead atoms. The lowest BCUT2D eigenvalue weighted by Crippen LogP contribution is -1.82. The van der Waals surface area contributed by atoms with Crippen molar-refractivity contribution in [3.05, 3.63) is 24.4 Å². The first-order valence-corrected chi connectivity index (χ1v) is 4.60. The Morgan fingerprint density at radius 1 is 1.50 bits per heavy atom. The summed E-state index contributed by atoms with van der Waals surface area (Å²) in [5, 5.41) is 0. The van der Waals surface area contributed by atoms with Crippen molar-refractivity contribution in [3.63, 3.8) is 0 Å². The quantitative estimate of drug-likeness (QED) is 0.420. The lowest BCUT2D eigenvalue weighted by Gasteiger charge is -1.98. The van der Waals surface area contributed by atoms with Gasteiger partial charge in [0.05, 0.1) is 0 Å². The first-order chi connectivity index (χ1) is 5.81. The maximum Gasteiger partial charge on any atom is 0.0221 e. The predicted molar refractivity (Wildman–Crippen MR) is 56.6 cm³/mol. The van der Waals surface area contributed by atoms with E-state index in [1.807, 2.05) is 19.2 Å². The van der Waals surface area contributed by atoms with E-state index >= 15 is 0 Å². The third-order valence-electron chi connectivity index (χ3n) is 1.60. The minimum absolute atomic E-state index is 0.921. The zero-order valence-electron chi connectivity index (χ0n) is 8.21. The van der Waals surface area contributed by atoms with E-state index in [1.54, 1.807) is 6.20 Å². The van der Waals surface area contributed by atoms with Crippen molar-refractivity contribution in [1.82, 2.24) is 0 Å². The summed E-state index contributed by atoms with van der Waals surface area (Å²) >= 11 is 0. The number of nitrogens with zero attached hydrogens (tertiary/aromatic N) is 1. The van der Waals surface area contributed by atoms with Gasteiger partial charge < -0.3 is 0 Å². The van der Waals surface area contributed by atoms with Crippen molar-refractivity contribution in [2.45, 2.75) is 39.5 Å². The molecule has 0 unspecified atom stereocenters. The summed E-state index contributed by atoms with van der Waals surface area (Å²) in [6.07, 6.45) is 10.2. The Bertz CT molecular complexity index is 166. The number of rotatable bonds is 6. The molecule has 1 heteroatoms. The number of hydrogen-bond donors (Lipinski definition) is 0. The second kappa shape index (κ2) is 8.25. The van der Waals surface area contributed by atoms with Crippen LogP contribution in [0, 0.1) is 0 Å². The fourth-order valence-electron chi connectivity index (χ4n) is 0.858. The minimum Gasteiger partial charge on any atom is -0.269 e. The summed E-state index contributed by atoms with van der Waals surface area (Å²) < 4.78 is 0. The van der Waals surface area contributed by atoms with Crippen LogP contribution in [-0.2, 0) is 0 Å². The summed E-state index contributed by atoms with van der Waals surface area (Å²) in [5.41, 5.74) is 1.28. The molecule has 0 fully saturated rings. The molecule has 1 nitrogen and oxygen atoms in total. The molecule has 12 heavy (non-hydrogen) atoms. The molecule has 0 atom stereocenters. The summed E-state index contributed by atoms with van der Waals surface area (Å²) in [4.78, 5) is 4.07. The first-order valence-electron chi connectivity index (χ1n) is 4.60. The van der Waals surface area contributed by atoms with Gasteiger partial charge >= 0.3 is 0 Å².